The number of methoxy groups -OCH3 is 1. The molecular formula is C13H20N4O3. The van der Waals surface area contributed by atoms with Crippen molar-refractivity contribution in [2.24, 2.45) is 0 Å². The maximum Gasteiger partial charge on any atom is 0.323 e. The highest BCUT2D eigenvalue weighted by molar-refractivity contribution is 5.88. The molecule has 20 heavy (non-hydrogen) atoms. The Hall–Kier alpha value is -1.89. The molecule has 2 rings (SSSR count). The number of likely N-dealkylation sites (tertiary alicyclic amines) is 1. The minimum Gasteiger partial charge on any atom is -0.481 e. The maximum absolute atomic E-state index is 12.1. The predicted octanol–water partition coefficient (Wildman–Crippen LogP) is 1.52. The zero-order valence-electron chi connectivity index (χ0n) is 12.0. The first-order valence-electron chi connectivity index (χ1n) is 6.66. The van der Waals surface area contributed by atoms with E-state index < -0.39 is 0 Å². The molecule has 110 valence electrons. The van der Waals surface area contributed by atoms with Crippen LogP contribution in [0.15, 0.2) is 12.4 Å². The van der Waals surface area contributed by atoms with E-state index in [1.165, 1.54) is 13.4 Å². The van der Waals surface area contributed by atoms with Crippen LogP contribution in [0.1, 0.15) is 20.3 Å². The third kappa shape index (κ3) is 3.80. The number of hydrogen-bond acceptors (Lipinski definition) is 5. The number of nitrogens with one attached hydrogen (secondary N) is 1. The number of carbonyl (C=O) groups excluding carboxylic acids is 1. The highest BCUT2D eigenvalue weighted by Gasteiger charge is 2.27. The van der Waals surface area contributed by atoms with Crippen molar-refractivity contribution in [1.82, 2.24) is 14.9 Å². The molecule has 7 heteroatoms. The fraction of sp³-hybridized carbons (Fsp3) is 0.615. The number of aromatic nitrogens is 2. The van der Waals surface area contributed by atoms with Crippen molar-refractivity contribution >= 4 is 11.8 Å². The molecule has 0 spiro atoms. The van der Waals surface area contributed by atoms with Gasteiger partial charge in [0.2, 0.25) is 5.88 Å². The van der Waals surface area contributed by atoms with Crippen LogP contribution in [0.4, 0.5) is 10.6 Å². The number of urea groups is 1. The van der Waals surface area contributed by atoms with Crippen LogP contribution in [0.5, 0.6) is 5.88 Å². The molecule has 1 fully saturated rings. The summed E-state index contributed by atoms with van der Waals surface area (Å²) in [4.78, 5) is 21.7. The van der Waals surface area contributed by atoms with E-state index in [9.17, 15) is 4.79 Å². The van der Waals surface area contributed by atoms with E-state index in [2.05, 4.69) is 15.3 Å². The van der Waals surface area contributed by atoms with Crippen LogP contribution in [-0.4, -0.2) is 53.3 Å². The molecule has 1 N–H and O–H groups in total. The quantitative estimate of drug-likeness (QED) is 0.904. The van der Waals surface area contributed by atoms with Crippen LogP contribution >= 0.6 is 0 Å². The summed E-state index contributed by atoms with van der Waals surface area (Å²) in [5.41, 5.74) is 0. The zero-order chi connectivity index (χ0) is 14.5. The van der Waals surface area contributed by atoms with Crippen LogP contribution in [0.25, 0.3) is 0 Å². The van der Waals surface area contributed by atoms with E-state index in [1.807, 2.05) is 13.8 Å². The maximum atomic E-state index is 12.1. The van der Waals surface area contributed by atoms with Gasteiger partial charge < -0.3 is 14.4 Å². The van der Waals surface area contributed by atoms with Crippen LogP contribution in [-0.2, 0) is 4.74 Å². The molecule has 0 unspecified atom stereocenters. The number of ether oxygens (including phenoxy) is 2. The van der Waals surface area contributed by atoms with E-state index in [-0.39, 0.29) is 18.2 Å². The number of carbonyl (C=O) groups is 1. The Morgan fingerprint density at radius 1 is 1.50 bits per heavy atom. The van der Waals surface area contributed by atoms with Gasteiger partial charge in [0.05, 0.1) is 19.3 Å². The Morgan fingerprint density at radius 2 is 2.30 bits per heavy atom. The Kier molecular flexibility index (Phi) is 4.73. The summed E-state index contributed by atoms with van der Waals surface area (Å²) in [6.07, 6.45) is 2.50. The highest BCUT2D eigenvalue weighted by atomic mass is 16.5. The molecule has 1 atom stereocenters. The second-order valence-corrected chi connectivity index (χ2v) is 4.92. The Labute approximate surface area is 118 Å². The minimum absolute atomic E-state index is 0.112. The van der Waals surface area contributed by atoms with Gasteiger partial charge in [0.1, 0.15) is 12.1 Å². The van der Waals surface area contributed by atoms with E-state index in [0.717, 1.165) is 6.42 Å². The summed E-state index contributed by atoms with van der Waals surface area (Å²) in [7, 11) is 1.52. The van der Waals surface area contributed by atoms with Crippen molar-refractivity contribution in [3.63, 3.8) is 0 Å². The van der Waals surface area contributed by atoms with Crippen LogP contribution in [0.3, 0.4) is 0 Å². The first-order valence-corrected chi connectivity index (χ1v) is 6.66. The summed E-state index contributed by atoms with van der Waals surface area (Å²) in [6.45, 7) is 5.28. The largest absolute Gasteiger partial charge is 0.481 e. The molecule has 0 aromatic carbocycles. The summed E-state index contributed by atoms with van der Waals surface area (Å²) in [5, 5.41) is 2.73. The third-order valence-corrected chi connectivity index (χ3v) is 2.98. The fourth-order valence-corrected chi connectivity index (χ4v) is 2.12. The molecule has 1 saturated heterocycles. The summed E-state index contributed by atoms with van der Waals surface area (Å²) in [6, 6.07) is 1.40. The van der Waals surface area contributed by atoms with E-state index in [4.69, 9.17) is 9.47 Å². The molecule has 0 aliphatic carbocycles. The highest BCUT2D eigenvalue weighted by Crippen LogP contribution is 2.16. The number of amides is 2. The molecule has 7 nitrogen and oxygen atoms in total. The molecule has 0 bridgehead atoms. The fourth-order valence-electron chi connectivity index (χ4n) is 2.12. The average Bonchev–Trinajstić information content (AvgIpc) is 2.86. The van der Waals surface area contributed by atoms with Crippen molar-refractivity contribution in [1.29, 1.82) is 0 Å². The Morgan fingerprint density at radius 3 is 3.00 bits per heavy atom. The van der Waals surface area contributed by atoms with E-state index in [1.54, 1.807) is 11.0 Å². The van der Waals surface area contributed by atoms with Gasteiger partial charge >= 0.3 is 6.03 Å². The lowest BCUT2D eigenvalue weighted by Crippen LogP contribution is -2.34. The average molecular weight is 280 g/mol. The number of rotatable bonds is 4. The van der Waals surface area contributed by atoms with Gasteiger partial charge in [0.25, 0.3) is 0 Å². The first-order chi connectivity index (χ1) is 9.58. The van der Waals surface area contributed by atoms with Gasteiger partial charge in [-0.15, -0.1) is 0 Å². The smallest absolute Gasteiger partial charge is 0.323 e. The van der Waals surface area contributed by atoms with Crippen LogP contribution in [0, 0.1) is 0 Å². The van der Waals surface area contributed by atoms with Gasteiger partial charge in [-0.25, -0.2) is 14.8 Å². The predicted molar refractivity (Wildman–Crippen MR) is 73.8 cm³/mol. The third-order valence-electron chi connectivity index (χ3n) is 2.98. The second-order valence-electron chi connectivity index (χ2n) is 4.92. The van der Waals surface area contributed by atoms with Gasteiger partial charge in [-0.3, -0.25) is 5.32 Å². The van der Waals surface area contributed by atoms with Crippen LogP contribution in [0.2, 0.25) is 0 Å². The lowest BCUT2D eigenvalue weighted by molar-refractivity contribution is 0.0160. The molecule has 1 aromatic rings. The summed E-state index contributed by atoms with van der Waals surface area (Å²) in [5.74, 6) is 0.841. The van der Waals surface area contributed by atoms with Crippen molar-refractivity contribution in [2.45, 2.75) is 32.5 Å². The van der Waals surface area contributed by atoms with Gasteiger partial charge in [0.15, 0.2) is 0 Å². The summed E-state index contributed by atoms with van der Waals surface area (Å²) >= 11 is 0. The second kappa shape index (κ2) is 6.51. The van der Waals surface area contributed by atoms with Crippen molar-refractivity contribution in [2.75, 3.05) is 25.5 Å². The molecule has 0 saturated carbocycles. The van der Waals surface area contributed by atoms with Crippen molar-refractivity contribution in [3.8, 4) is 5.88 Å². The van der Waals surface area contributed by atoms with E-state index >= 15 is 0 Å². The first kappa shape index (κ1) is 14.5. The molecule has 2 amide bonds. The molecule has 1 aliphatic rings. The van der Waals surface area contributed by atoms with Gasteiger partial charge in [-0.05, 0) is 20.3 Å². The standard InChI is InChI=1S/C13H20N4O3/c1-9(2)20-10-4-5-17(7-10)13(18)16-11-6-12(19-3)15-8-14-11/h6,8-10H,4-5,7H2,1-3H3,(H,14,15,16,18)/t10-/m1/s1. The van der Waals surface area contributed by atoms with Crippen molar-refractivity contribution < 1.29 is 14.3 Å². The Balaban J connectivity index is 1.89. The number of anilines is 1. The number of hydrogen-bond donors (Lipinski definition) is 1. The topological polar surface area (TPSA) is 76.6 Å². The molecular weight excluding hydrogens is 260 g/mol. The van der Waals surface area contributed by atoms with Gasteiger partial charge in [-0.2, -0.15) is 0 Å². The van der Waals surface area contributed by atoms with Crippen LogP contribution < -0.4 is 10.1 Å². The minimum atomic E-state index is -0.180. The zero-order valence-corrected chi connectivity index (χ0v) is 12.0. The normalized spacial score (nSPS) is 18.4. The van der Waals surface area contributed by atoms with Gasteiger partial charge in [-0.1, -0.05) is 0 Å². The number of nitrogens with zero attached hydrogens (tertiary/aromatic N) is 3. The van der Waals surface area contributed by atoms with E-state index in [0.29, 0.717) is 24.8 Å². The molecule has 1 aromatic heterocycles. The van der Waals surface area contributed by atoms with Gasteiger partial charge in [0, 0.05) is 19.2 Å². The molecule has 2 heterocycles. The Bertz CT molecular complexity index is 467. The lowest BCUT2D eigenvalue weighted by Gasteiger charge is -2.18. The molecule has 1 aliphatic heterocycles. The lowest BCUT2D eigenvalue weighted by atomic mass is 10.3. The molecule has 0 radical (unpaired) electrons. The monoisotopic (exact) mass is 280 g/mol. The SMILES string of the molecule is COc1cc(NC(=O)N2CC[C@@H](OC(C)C)C2)ncn1. The van der Waals surface area contributed by atoms with Crippen molar-refractivity contribution in [3.05, 3.63) is 12.4 Å². The summed E-state index contributed by atoms with van der Waals surface area (Å²) < 4.78 is 10.7.